The molecular formula is C13H19ClN2O. The van der Waals surface area contributed by atoms with Gasteiger partial charge in [-0.2, -0.15) is 0 Å². The third-order valence-corrected chi connectivity index (χ3v) is 3.69. The molecule has 1 fully saturated rings. The summed E-state index contributed by atoms with van der Waals surface area (Å²) in [6, 6.07) is 6.58. The van der Waals surface area contributed by atoms with E-state index in [1.807, 2.05) is 18.2 Å². The first kappa shape index (κ1) is 12.7. The van der Waals surface area contributed by atoms with E-state index in [1.54, 1.807) is 7.11 Å². The topological polar surface area (TPSA) is 47.3 Å². The minimum absolute atomic E-state index is 0.348. The maximum Gasteiger partial charge on any atom is 0.124 e. The van der Waals surface area contributed by atoms with E-state index in [1.165, 1.54) is 0 Å². The number of hydrogen-bond acceptors (Lipinski definition) is 3. The van der Waals surface area contributed by atoms with Gasteiger partial charge in [0.1, 0.15) is 5.75 Å². The van der Waals surface area contributed by atoms with Crippen LogP contribution in [0.3, 0.4) is 0 Å². The first-order valence-electron chi connectivity index (χ1n) is 6.01. The van der Waals surface area contributed by atoms with Crippen LogP contribution in [-0.4, -0.2) is 19.2 Å². The zero-order chi connectivity index (χ0) is 12.3. The van der Waals surface area contributed by atoms with E-state index in [9.17, 15) is 0 Å². The smallest absolute Gasteiger partial charge is 0.124 e. The van der Waals surface area contributed by atoms with Gasteiger partial charge in [0, 0.05) is 29.2 Å². The Kier molecular flexibility index (Phi) is 4.26. The van der Waals surface area contributed by atoms with E-state index >= 15 is 0 Å². The second kappa shape index (κ2) is 5.71. The first-order valence-corrected chi connectivity index (χ1v) is 6.39. The molecule has 1 aromatic carbocycles. The number of nitrogens with two attached hydrogens (primary N) is 1. The van der Waals surface area contributed by atoms with Crippen LogP contribution in [0.2, 0.25) is 5.02 Å². The number of ether oxygens (including phenoxy) is 1. The van der Waals surface area contributed by atoms with Gasteiger partial charge in [-0.1, -0.05) is 17.7 Å². The highest BCUT2D eigenvalue weighted by molar-refractivity contribution is 6.31. The van der Waals surface area contributed by atoms with E-state index in [-0.39, 0.29) is 0 Å². The minimum atomic E-state index is 0.348. The molecule has 2 rings (SSSR count). The lowest BCUT2D eigenvalue weighted by Crippen LogP contribution is -2.28. The Morgan fingerprint density at radius 1 is 1.47 bits per heavy atom. The molecule has 1 aliphatic rings. The largest absolute Gasteiger partial charge is 0.496 e. The number of benzene rings is 1. The molecule has 94 valence electrons. The molecule has 0 amide bonds. The molecule has 2 atom stereocenters. The lowest BCUT2D eigenvalue weighted by Gasteiger charge is -2.15. The van der Waals surface area contributed by atoms with Crippen molar-refractivity contribution in [3.05, 3.63) is 28.8 Å². The van der Waals surface area contributed by atoms with E-state index in [4.69, 9.17) is 22.1 Å². The highest BCUT2D eigenvalue weighted by Gasteiger charge is 2.21. The predicted octanol–water partition coefficient (Wildman–Crippen LogP) is 2.32. The lowest BCUT2D eigenvalue weighted by molar-refractivity contribution is 0.405. The third kappa shape index (κ3) is 3.12. The van der Waals surface area contributed by atoms with Gasteiger partial charge in [-0.3, -0.25) is 0 Å². The first-order chi connectivity index (χ1) is 8.20. The van der Waals surface area contributed by atoms with Gasteiger partial charge in [0.2, 0.25) is 0 Å². The van der Waals surface area contributed by atoms with Crippen LogP contribution < -0.4 is 15.8 Å². The normalized spacial score (nSPS) is 23.9. The molecular weight excluding hydrogens is 236 g/mol. The average Bonchev–Trinajstić information content (AvgIpc) is 2.73. The lowest BCUT2D eigenvalue weighted by atomic mass is 10.1. The number of halogens is 1. The Morgan fingerprint density at radius 2 is 2.29 bits per heavy atom. The molecule has 0 radical (unpaired) electrons. The Morgan fingerprint density at radius 3 is 2.94 bits per heavy atom. The zero-order valence-corrected chi connectivity index (χ0v) is 10.8. The Labute approximate surface area is 107 Å². The summed E-state index contributed by atoms with van der Waals surface area (Å²) in [5.41, 5.74) is 6.91. The molecule has 2 unspecified atom stereocenters. The second-order valence-corrected chi connectivity index (χ2v) is 4.98. The molecule has 0 aliphatic heterocycles. The number of rotatable bonds is 4. The van der Waals surface area contributed by atoms with Crippen LogP contribution in [-0.2, 0) is 6.54 Å². The van der Waals surface area contributed by atoms with E-state index in [0.29, 0.717) is 12.1 Å². The molecule has 3 nitrogen and oxygen atoms in total. The molecule has 3 N–H and O–H groups in total. The third-order valence-electron chi connectivity index (χ3n) is 3.34. The van der Waals surface area contributed by atoms with Gasteiger partial charge >= 0.3 is 0 Å². The van der Waals surface area contributed by atoms with Crippen LogP contribution in [0, 0.1) is 0 Å². The molecule has 1 aromatic rings. The van der Waals surface area contributed by atoms with Crippen LogP contribution in [0.5, 0.6) is 5.75 Å². The van der Waals surface area contributed by atoms with Crippen LogP contribution in [0.15, 0.2) is 18.2 Å². The van der Waals surface area contributed by atoms with Crippen molar-refractivity contribution in [3.8, 4) is 5.75 Å². The monoisotopic (exact) mass is 254 g/mol. The van der Waals surface area contributed by atoms with Gasteiger partial charge in [-0.15, -0.1) is 0 Å². The molecule has 17 heavy (non-hydrogen) atoms. The summed E-state index contributed by atoms with van der Waals surface area (Å²) in [4.78, 5) is 0. The molecule has 0 saturated heterocycles. The summed E-state index contributed by atoms with van der Waals surface area (Å²) < 4.78 is 5.31. The highest BCUT2D eigenvalue weighted by atomic mass is 35.5. The summed E-state index contributed by atoms with van der Waals surface area (Å²) in [5, 5.41) is 4.25. The Hall–Kier alpha value is -0.770. The van der Waals surface area contributed by atoms with Gasteiger partial charge < -0.3 is 15.8 Å². The van der Waals surface area contributed by atoms with Crippen molar-refractivity contribution in [1.29, 1.82) is 0 Å². The summed E-state index contributed by atoms with van der Waals surface area (Å²) in [6.07, 6.45) is 3.30. The highest BCUT2D eigenvalue weighted by Crippen LogP contribution is 2.27. The summed E-state index contributed by atoms with van der Waals surface area (Å²) >= 11 is 6.18. The van der Waals surface area contributed by atoms with Gasteiger partial charge in [-0.25, -0.2) is 0 Å². The standard InChI is InChI=1S/C13H19ClN2O/c1-17-13-4-2-3-12(14)11(13)8-16-10-6-5-9(15)7-10/h2-4,9-10,16H,5-8,15H2,1H3. The van der Waals surface area contributed by atoms with Crippen molar-refractivity contribution in [2.24, 2.45) is 5.73 Å². The minimum Gasteiger partial charge on any atom is -0.496 e. The van der Waals surface area contributed by atoms with E-state index < -0.39 is 0 Å². The molecule has 0 aromatic heterocycles. The number of nitrogens with one attached hydrogen (secondary N) is 1. The van der Waals surface area contributed by atoms with E-state index in [0.717, 1.165) is 42.1 Å². The second-order valence-electron chi connectivity index (χ2n) is 4.57. The van der Waals surface area contributed by atoms with E-state index in [2.05, 4.69) is 5.32 Å². The Bertz CT molecular complexity index is 384. The zero-order valence-electron chi connectivity index (χ0n) is 10.1. The fourth-order valence-corrected chi connectivity index (χ4v) is 2.58. The maximum atomic E-state index is 6.18. The molecule has 0 bridgehead atoms. The molecule has 0 heterocycles. The van der Waals surface area contributed by atoms with Crippen molar-refractivity contribution in [2.75, 3.05) is 7.11 Å². The SMILES string of the molecule is COc1cccc(Cl)c1CNC1CCC(N)C1. The van der Waals surface area contributed by atoms with Gasteiger partial charge in [0.25, 0.3) is 0 Å². The molecule has 1 saturated carbocycles. The summed E-state index contributed by atoms with van der Waals surface area (Å²) in [5.74, 6) is 0.840. The average molecular weight is 255 g/mol. The van der Waals surface area contributed by atoms with Gasteiger partial charge in [-0.05, 0) is 31.4 Å². The van der Waals surface area contributed by atoms with Crippen LogP contribution in [0.1, 0.15) is 24.8 Å². The van der Waals surface area contributed by atoms with Crippen LogP contribution >= 0.6 is 11.6 Å². The fraction of sp³-hybridized carbons (Fsp3) is 0.538. The predicted molar refractivity (Wildman–Crippen MR) is 70.5 cm³/mol. The maximum absolute atomic E-state index is 6.18. The van der Waals surface area contributed by atoms with Crippen molar-refractivity contribution in [1.82, 2.24) is 5.32 Å². The van der Waals surface area contributed by atoms with Crippen LogP contribution in [0.4, 0.5) is 0 Å². The summed E-state index contributed by atoms with van der Waals surface area (Å²) in [6.45, 7) is 0.736. The quantitative estimate of drug-likeness (QED) is 0.867. The van der Waals surface area contributed by atoms with Crippen LogP contribution in [0.25, 0.3) is 0 Å². The molecule has 4 heteroatoms. The van der Waals surface area contributed by atoms with Crippen molar-refractivity contribution in [3.63, 3.8) is 0 Å². The van der Waals surface area contributed by atoms with Gasteiger partial charge in [0.15, 0.2) is 0 Å². The molecule has 0 spiro atoms. The van der Waals surface area contributed by atoms with Crippen molar-refractivity contribution in [2.45, 2.75) is 37.9 Å². The van der Waals surface area contributed by atoms with Gasteiger partial charge in [0.05, 0.1) is 7.11 Å². The summed E-state index contributed by atoms with van der Waals surface area (Å²) in [7, 11) is 1.67. The number of hydrogen-bond donors (Lipinski definition) is 2. The van der Waals surface area contributed by atoms with Crippen molar-refractivity contribution < 1.29 is 4.74 Å². The van der Waals surface area contributed by atoms with Crippen molar-refractivity contribution >= 4 is 11.6 Å². The number of methoxy groups -OCH3 is 1. The molecule has 1 aliphatic carbocycles. The fourth-order valence-electron chi connectivity index (χ4n) is 2.35. The Balaban J connectivity index is 1.98.